The summed E-state index contributed by atoms with van der Waals surface area (Å²) >= 11 is 0. The third-order valence-corrected chi connectivity index (χ3v) is 3.29. The first-order valence-corrected chi connectivity index (χ1v) is 7.59. The fourth-order valence-corrected chi connectivity index (χ4v) is 2.23. The third kappa shape index (κ3) is 6.51. The molecule has 3 heteroatoms. The molecule has 0 saturated carbocycles. The minimum atomic E-state index is -0.423. The van der Waals surface area contributed by atoms with Crippen LogP contribution in [0.5, 0.6) is 0 Å². The number of benzene rings is 1. The molecule has 0 bridgehead atoms. The topological polar surface area (TPSA) is 32.7 Å². The summed E-state index contributed by atoms with van der Waals surface area (Å²) in [5.41, 5.74) is 2.64. The van der Waals surface area contributed by atoms with E-state index in [2.05, 4.69) is 43.0 Å². The maximum atomic E-state index is 10.1. The van der Waals surface area contributed by atoms with Gasteiger partial charge in [0.2, 0.25) is 0 Å². The average Bonchev–Trinajstić information content (AvgIpc) is 2.39. The van der Waals surface area contributed by atoms with Crippen molar-refractivity contribution in [2.75, 3.05) is 19.7 Å². The van der Waals surface area contributed by atoms with Crippen molar-refractivity contribution in [3.8, 4) is 0 Å². The normalized spacial score (nSPS) is 13.2. The molecule has 0 heterocycles. The SMILES string of the molecule is CCCN(Cc1ccccc1C)C[C@@H](O)COC(C)C. The lowest BCUT2D eigenvalue weighted by Crippen LogP contribution is -2.35. The van der Waals surface area contributed by atoms with Crippen molar-refractivity contribution in [1.82, 2.24) is 4.90 Å². The first-order chi connectivity index (χ1) is 9.52. The molecule has 0 radical (unpaired) electrons. The van der Waals surface area contributed by atoms with Crippen molar-refractivity contribution >= 4 is 0 Å². The van der Waals surface area contributed by atoms with Crippen LogP contribution in [0.25, 0.3) is 0 Å². The summed E-state index contributed by atoms with van der Waals surface area (Å²) in [6.07, 6.45) is 0.831. The molecule has 1 atom stereocenters. The predicted octanol–water partition coefficient (Wildman–Crippen LogP) is 2.99. The Morgan fingerprint density at radius 2 is 1.95 bits per heavy atom. The highest BCUT2D eigenvalue weighted by atomic mass is 16.5. The summed E-state index contributed by atoms with van der Waals surface area (Å²) in [5.74, 6) is 0. The number of aryl methyl sites for hydroxylation is 1. The third-order valence-electron chi connectivity index (χ3n) is 3.29. The monoisotopic (exact) mass is 279 g/mol. The largest absolute Gasteiger partial charge is 0.389 e. The average molecular weight is 279 g/mol. The number of hydrogen-bond donors (Lipinski definition) is 1. The molecule has 0 fully saturated rings. The van der Waals surface area contributed by atoms with Crippen molar-refractivity contribution in [2.24, 2.45) is 0 Å². The highest BCUT2D eigenvalue weighted by Crippen LogP contribution is 2.11. The fraction of sp³-hybridized carbons (Fsp3) is 0.647. The predicted molar refractivity (Wildman–Crippen MR) is 83.8 cm³/mol. The molecule has 1 aromatic rings. The molecule has 0 saturated heterocycles. The van der Waals surface area contributed by atoms with Gasteiger partial charge in [0.1, 0.15) is 0 Å². The molecular formula is C17H29NO2. The Balaban J connectivity index is 2.53. The van der Waals surface area contributed by atoms with Gasteiger partial charge in [-0.25, -0.2) is 0 Å². The van der Waals surface area contributed by atoms with Crippen LogP contribution in [0.1, 0.15) is 38.3 Å². The maximum Gasteiger partial charge on any atom is 0.0900 e. The second-order valence-electron chi connectivity index (χ2n) is 5.70. The van der Waals surface area contributed by atoms with E-state index < -0.39 is 6.10 Å². The Bertz CT molecular complexity index is 379. The van der Waals surface area contributed by atoms with Crippen molar-refractivity contribution in [3.05, 3.63) is 35.4 Å². The second-order valence-corrected chi connectivity index (χ2v) is 5.70. The zero-order valence-electron chi connectivity index (χ0n) is 13.3. The summed E-state index contributed by atoms with van der Waals surface area (Å²) in [7, 11) is 0. The fourth-order valence-electron chi connectivity index (χ4n) is 2.23. The Morgan fingerprint density at radius 1 is 1.25 bits per heavy atom. The highest BCUT2D eigenvalue weighted by molar-refractivity contribution is 5.25. The Labute approximate surface area is 123 Å². The molecule has 0 aliphatic rings. The van der Waals surface area contributed by atoms with Crippen LogP contribution in [0.2, 0.25) is 0 Å². The standard InChI is InChI=1S/C17H29NO2/c1-5-10-18(12-17(19)13-20-14(2)3)11-16-9-7-6-8-15(16)4/h6-9,14,17,19H,5,10-13H2,1-4H3/t17-/m1/s1. The van der Waals surface area contributed by atoms with Crippen molar-refractivity contribution in [1.29, 1.82) is 0 Å². The highest BCUT2D eigenvalue weighted by Gasteiger charge is 2.13. The van der Waals surface area contributed by atoms with Gasteiger partial charge in [0.05, 0.1) is 18.8 Å². The minimum absolute atomic E-state index is 0.167. The molecule has 0 spiro atoms. The van der Waals surface area contributed by atoms with Crippen LogP contribution < -0.4 is 0 Å². The quantitative estimate of drug-likeness (QED) is 0.754. The van der Waals surface area contributed by atoms with Crippen LogP contribution in [0.4, 0.5) is 0 Å². The number of hydrogen-bond acceptors (Lipinski definition) is 3. The van der Waals surface area contributed by atoms with Crippen molar-refractivity contribution < 1.29 is 9.84 Å². The molecule has 3 nitrogen and oxygen atoms in total. The molecule has 0 unspecified atom stereocenters. The second kappa shape index (κ2) is 9.11. The van der Waals surface area contributed by atoms with Crippen molar-refractivity contribution in [2.45, 2.75) is 52.9 Å². The van der Waals surface area contributed by atoms with Crippen LogP contribution >= 0.6 is 0 Å². The summed E-state index contributed by atoms with van der Waals surface area (Å²) in [5, 5.41) is 10.1. The molecular weight excluding hydrogens is 250 g/mol. The Hall–Kier alpha value is -0.900. The van der Waals surface area contributed by atoms with Gasteiger partial charge in [-0.2, -0.15) is 0 Å². The van der Waals surface area contributed by atoms with Gasteiger partial charge in [0.25, 0.3) is 0 Å². The first kappa shape index (κ1) is 17.2. The zero-order chi connectivity index (χ0) is 15.0. The van der Waals surface area contributed by atoms with Gasteiger partial charge in [-0.3, -0.25) is 4.90 Å². The summed E-state index contributed by atoms with van der Waals surface area (Å²) in [6, 6.07) is 8.44. The van der Waals surface area contributed by atoms with E-state index in [9.17, 15) is 5.11 Å². The lowest BCUT2D eigenvalue weighted by Gasteiger charge is -2.25. The Kier molecular flexibility index (Phi) is 7.82. The number of aliphatic hydroxyl groups excluding tert-OH is 1. The van der Waals surface area contributed by atoms with Gasteiger partial charge in [-0.1, -0.05) is 31.2 Å². The number of ether oxygens (including phenoxy) is 1. The molecule has 0 aromatic heterocycles. The van der Waals surface area contributed by atoms with Crippen LogP contribution in [0.3, 0.4) is 0 Å². The van der Waals surface area contributed by atoms with Crippen LogP contribution in [-0.2, 0) is 11.3 Å². The maximum absolute atomic E-state index is 10.1. The van der Waals surface area contributed by atoms with Gasteiger partial charge in [-0.05, 0) is 44.9 Å². The van der Waals surface area contributed by atoms with E-state index in [0.717, 1.165) is 19.5 Å². The Morgan fingerprint density at radius 3 is 2.55 bits per heavy atom. The van der Waals surface area contributed by atoms with Gasteiger partial charge < -0.3 is 9.84 Å². The molecule has 20 heavy (non-hydrogen) atoms. The van der Waals surface area contributed by atoms with E-state index in [0.29, 0.717) is 13.2 Å². The van der Waals surface area contributed by atoms with Gasteiger partial charge in [0, 0.05) is 13.1 Å². The van der Waals surface area contributed by atoms with E-state index >= 15 is 0 Å². The zero-order valence-corrected chi connectivity index (χ0v) is 13.3. The summed E-state index contributed by atoms with van der Waals surface area (Å²) in [4.78, 5) is 2.30. The van der Waals surface area contributed by atoms with Gasteiger partial charge in [0.15, 0.2) is 0 Å². The van der Waals surface area contributed by atoms with Crippen molar-refractivity contribution in [3.63, 3.8) is 0 Å². The molecule has 1 N–H and O–H groups in total. The smallest absolute Gasteiger partial charge is 0.0900 e. The lowest BCUT2D eigenvalue weighted by atomic mass is 10.1. The van der Waals surface area contributed by atoms with E-state index in [4.69, 9.17) is 4.74 Å². The number of rotatable bonds is 9. The summed E-state index contributed by atoms with van der Waals surface area (Å²) in [6.45, 7) is 11.2. The summed E-state index contributed by atoms with van der Waals surface area (Å²) < 4.78 is 5.48. The van der Waals surface area contributed by atoms with E-state index in [1.165, 1.54) is 11.1 Å². The van der Waals surface area contributed by atoms with E-state index in [1.54, 1.807) is 0 Å². The van der Waals surface area contributed by atoms with Crippen LogP contribution in [-0.4, -0.2) is 41.9 Å². The minimum Gasteiger partial charge on any atom is -0.389 e. The van der Waals surface area contributed by atoms with Crippen LogP contribution in [0, 0.1) is 6.92 Å². The van der Waals surface area contributed by atoms with Crippen LogP contribution in [0.15, 0.2) is 24.3 Å². The molecule has 0 amide bonds. The molecule has 1 rings (SSSR count). The number of aliphatic hydroxyl groups is 1. The lowest BCUT2D eigenvalue weighted by molar-refractivity contribution is -0.00951. The molecule has 0 aliphatic carbocycles. The first-order valence-electron chi connectivity index (χ1n) is 7.59. The van der Waals surface area contributed by atoms with Gasteiger partial charge >= 0.3 is 0 Å². The molecule has 1 aromatic carbocycles. The van der Waals surface area contributed by atoms with E-state index in [1.807, 2.05) is 13.8 Å². The van der Waals surface area contributed by atoms with Gasteiger partial charge in [-0.15, -0.1) is 0 Å². The molecule has 0 aliphatic heterocycles. The molecule has 114 valence electrons. The van der Waals surface area contributed by atoms with E-state index in [-0.39, 0.29) is 6.10 Å². The number of nitrogens with zero attached hydrogens (tertiary/aromatic N) is 1.